The molecule has 0 bridgehead atoms. The van der Waals surface area contributed by atoms with Crippen molar-refractivity contribution in [2.45, 2.75) is 71.3 Å². The van der Waals surface area contributed by atoms with Gasteiger partial charge in [-0.05, 0) is 79.8 Å². The van der Waals surface area contributed by atoms with Crippen LogP contribution < -0.4 is 5.32 Å². The van der Waals surface area contributed by atoms with E-state index in [2.05, 4.69) is 49.5 Å². The van der Waals surface area contributed by atoms with E-state index in [4.69, 9.17) is 0 Å². The first-order chi connectivity index (χ1) is 14.4. The molecule has 3 nitrogen and oxygen atoms in total. The van der Waals surface area contributed by atoms with Crippen LogP contribution in [0.15, 0.2) is 42.5 Å². The van der Waals surface area contributed by atoms with E-state index in [9.17, 15) is 9.59 Å². The van der Waals surface area contributed by atoms with E-state index in [1.807, 2.05) is 6.07 Å². The van der Waals surface area contributed by atoms with Crippen molar-refractivity contribution < 1.29 is 9.59 Å². The number of rotatable bonds is 4. The minimum absolute atomic E-state index is 0.0708. The minimum atomic E-state index is 0.0708. The third kappa shape index (κ3) is 3.08. The van der Waals surface area contributed by atoms with Crippen molar-refractivity contribution in [2.24, 2.45) is 34.5 Å². The summed E-state index contributed by atoms with van der Waals surface area (Å²) < 4.78 is 0. The van der Waals surface area contributed by atoms with Gasteiger partial charge in [0.15, 0.2) is 0 Å². The predicted molar refractivity (Wildman–Crippen MR) is 119 cm³/mol. The van der Waals surface area contributed by atoms with Crippen LogP contribution in [-0.2, 0) is 16.0 Å². The summed E-state index contributed by atoms with van der Waals surface area (Å²) >= 11 is 0. The highest BCUT2D eigenvalue weighted by atomic mass is 16.1. The number of benzene rings is 1. The highest BCUT2D eigenvalue weighted by Crippen LogP contribution is 2.65. The molecule has 1 heterocycles. The van der Waals surface area contributed by atoms with E-state index in [0.717, 1.165) is 25.7 Å². The lowest BCUT2D eigenvalue weighted by Crippen LogP contribution is -2.59. The fraction of sp³-hybridized carbons (Fsp3) is 0.630. The molecule has 5 rings (SSSR count). The highest BCUT2D eigenvalue weighted by Gasteiger charge is 2.60. The molecule has 0 saturated heterocycles. The van der Waals surface area contributed by atoms with Gasteiger partial charge in [-0.2, -0.15) is 0 Å². The van der Waals surface area contributed by atoms with Crippen LogP contribution in [0.25, 0.3) is 0 Å². The molecule has 1 amide bonds. The van der Waals surface area contributed by atoms with E-state index in [0.29, 0.717) is 30.0 Å². The van der Waals surface area contributed by atoms with E-state index in [-0.39, 0.29) is 28.7 Å². The SMILES string of the molecule is C[C@]12C=CC(=O)NC1CC[C@@H]1[C@H]2CC[C@]2(C)C(C(=O)CCc3ccccc3)CC[C@@H]12. The molecule has 0 radical (unpaired) electrons. The summed E-state index contributed by atoms with van der Waals surface area (Å²) in [4.78, 5) is 25.2. The molecule has 3 heteroatoms. The Hall–Kier alpha value is -1.90. The van der Waals surface area contributed by atoms with Crippen molar-refractivity contribution in [3.63, 3.8) is 0 Å². The second-order valence-electron chi connectivity index (χ2n) is 10.8. The average Bonchev–Trinajstić information content (AvgIpc) is 3.10. The lowest BCUT2D eigenvalue weighted by atomic mass is 9.47. The van der Waals surface area contributed by atoms with Crippen molar-refractivity contribution in [1.29, 1.82) is 0 Å². The van der Waals surface area contributed by atoms with Gasteiger partial charge < -0.3 is 5.32 Å². The standard InChI is InChI=1S/C27H35NO2/c1-26-16-14-21-19(9-13-24-27(21,2)17-15-25(30)28-24)20(26)10-11-22(26)23(29)12-8-18-6-4-3-5-7-18/h3-7,15,17,19-22,24H,8-14,16H2,1-2H3,(H,28,30)/t19-,20-,21+,22?,24?,26-,27+/m0/s1. The van der Waals surface area contributed by atoms with Gasteiger partial charge in [-0.3, -0.25) is 9.59 Å². The lowest BCUT2D eigenvalue weighted by Gasteiger charge is -2.58. The second kappa shape index (κ2) is 7.35. The number of fused-ring (bicyclic) bond motifs is 5. The van der Waals surface area contributed by atoms with Crippen LogP contribution in [0.3, 0.4) is 0 Å². The van der Waals surface area contributed by atoms with Gasteiger partial charge in [-0.25, -0.2) is 0 Å². The molecule has 160 valence electrons. The average molecular weight is 406 g/mol. The van der Waals surface area contributed by atoms with Gasteiger partial charge in [0.1, 0.15) is 5.78 Å². The summed E-state index contributed by atoms with van der Waals surface area (Å²) in [6.45, 7) is 4.80. The smallest absolute Gasteiger partial charge is 0.243 e. The number of hydrogen-bond acceptors (Lipinski definition) is 2. The third-order valence-electron chi connectivity index (χ3n) is 9.58. The van der Waals surface area contributed by atoms with Crippen molar-refractivity contribution in [1.82, 2.24) is 5.32 Å². The molecule has 3 fully saturated rings. The summed E-state index contributed by atoms with van der Waals surface area (Å²) in [5.41, 5.74) is 1.51. The second-order valence-corrected chi connectivity index (χ2v) is 10.8. The Balaban J connectivity index is 1.32. The maximum absolute atomic E-state index is 13.3. The van der Waals surface area contributed by atoms with Gasteiger partial charge in [0, 0.05) is 23.8 Å². The summed E-state index contributed by atoms with van der Waals surface area (Å²) in [7, 11) is 0. The van der Waals surface area contributed by atoms with Crippen LogP contribution in [0, 0.1) is 34.5 Å². The first-order valence-corrected chi connectivity index (χ1v) is 12.0. The van der Waals surface area contributed by atoms with Gasteiger partial charge in [0.25, 0.3) is 0 Å². The van der Waals surface area contributed by atoms with Crippen LogP contribution in [0.4, 0.5) is 0 Å². The molecule has 3 saturated carbocycles. The third-order valence-corrected chi connectivity index (χ3v) is 9.58. The molecular formula is C27H35NO2. The Morgan fingerprint density at radius 1 is 1.03 bits per heavy atom. The van der Waals surface area contributed by atoms with E-state index < -0.39 is 0 Å². The monoisotopic (exact) mass is 405 g/mol. The molecule has 7 atom stereocenters. The van der Waals surface area contributed by atoms with Crippen molar-refractivity contribution in [3.05, 3.63) is 48.0 Å². The predicted octanol–water partition coefficient (Wildman–Crippen LogP) is 5.10. The van der Waals surface area contributed by atoms with Crippen LogP contribution in [0.5, 0.6) is 0 Å². The molecule has 1 N–H and O–H groups in total. The number of carbonyl (C=O) groups is 2. The van der Waals surface area contributed by atoms with E-state index in [1.54, 1.807) is 6.08 Å². The molecule has 1 aliphatic heterocycles. The Kier molecular flexibility index (Phi) is 4.91. The largest absolute Gasteiger partial charge is 0.349 e. The lowest BCUT2D eigenvalue weighted by molar-refractivity contribution is -0.132. The Morgan fingerprint density at radius 2 is 1.83 bits per heavy atom. The number of Topliss-reactive ketones (excluding diaryl/α,β-unsaturated/α-hetero) is 1. The van der Waals surface area contributed by atoms with Crippen molar-refractivity contribution in [3.8, 4) is 0 Å². The van der Waals surface area contributed by atoms with Crippen LogP contribution in [0.2, 0.25) is 0 Å². The molecule has 2 unspecified atom stereocenters. The normalized spacial score (nSPS) is 42.1. The van der Waals surface area contributed by atoms with Gasteiger partial charge in [-0.15, -0.1) is 0 Å². The molecule has 30 heavy (non-hydrogen) atoms. The maximum atomic E-state index is 13.3. The van der Waals surface area contributed by atoms with Gasteiger partial charge in [0.2, 0.25) is 5.91 Å². The quantitative estimate of drug-likeness (QED) is 0.757. The number of carbonyl (C=O) groups excluding carboxylic acids is 2. The zero-order chi connectivity index (χ0) is 20.9. The number of ketones is 1. The summed E-state index contributed by atoms with van der Waals surface area (Å²) in [5.74, 6) is 2.78. The Bertz CT molecular complexity index is 861. The van der Waals surface area contributed by atoms with Crippen LogP contribution >= 0.6 is 0 Å². The van der Waals surface area contributed by atoms with Crippen LogP contribution in [-0.4, -0.2) is 17.7 Å². The summed E-state index contributed by atoms with van der Waals surface area (Å²) in [6.07, 6.45) is 12.4. The first-order valence-electron chi connectivity index (χ1n) is 12.0. The van der Waals surface area contributed by atoms with Crippen LogP contribution in [0.1, 0.15) is 64.4 Å². The fourth-order valence-corrected chi connectivity index (χ4v) is 7.95. The van der Waals surface area contributed by atoms with E-state index in [1.165, 1.54) is 24.8 Å². The molecule has 1 aromatic rings. The van der Waals surface area contributed by atoms with Crippen molar-refractivity contribution in [2.75, 3.05) is 0 Å². The Morgan fingerprint density at radius 3 is 2.63 bits per heavy atom. The number of amides is 1. The fourth-order valence-electron chi connectivity index (χ4n) is 7.95. The van der Waals surface area contributed by atoms with Gasteiger partial charge in [0.05, 0.1) is 0 Å². The minimum Gasteiger partial charge on any atom is -0.349 e. The molecular weight excluding hydrogens is 370 g/mol. The zero-order valence-corrected chi connectivity index (χ0v) is 18.4. The van der Waals surface area contributed by atoms with E-state index >= 15 is 0 Å². The highest BCUT2D eigenvalue weighted by molar-refractivity contribution is 5.89. The summed E-state index contributed by atoms with van der Waals surface area (Å²) in [6, 6.07) is 10.7. The molecule has 0 spiro atoms. The van der Waals surface area contributed by atoms with Crippen molar-refractivity contribution >= 4 is 11.7 Å². The zero-order valence-electron chi connectivity index (χ0n) is 18.4. The topological polar surface area (TPSA) is 46.2 Å². The number of nitrogens with one attached hydrogen (secondary N) is 1. The molecule has 4 aliphatic rings. The molecule has 3 aliphatic carbocycles. The first kappa shape index (κ1) is 20.0. The Labute approximate surface area is 180 Å². The molecule has 0 aromatic heterocycles. The van der Waals surface area contributed by atoms with Gasteiger partial charge in [-0.1, -0.05) is 50.3 Å². The number of aryl methyl sites for hydroxylation is 1. The maximum Gasteiger partial charge on any atom is 0.243 e. The number of hydrogen-bond donors (Lipinski definition) is 1. The van der Waals surface area contributed by atoms with Gasteiger partial charge >= 0.3 is 0 Å². The molecule has 1 aromatic carbocycles. The summed E-state index contributed by atoms with van der Waals surface area (Å²) in [5, 5.41) is 3.24.